The largest absolute Gasteiger partial charge is 0.386 e. The van der Waals surface area contributed by atoms with Crippen LogP contribution in [0.3, 0.4) is 0 Å². The van der Waals surface area contributed by atoms with Crippen molar-refractivity contribution in [3.63, 3.8) is 0 Å². The third kappa shape index (κ3) is 3.70. The number of nitrogens with zero attached hydrogens (tertiary/aromatic N) is 3. The molecule has 0 radical (unpaired) electrons. The zero-order valence-electron chi connectivity index (χ0n) is 13.3. The van der Waals surface area contributed by atoms with Gasteiger partial charge in [0.25, 0.3) is 5.91 Å². The summed E-state index contributed by atoms with van der Waals surface area (Å²) in [7, 11) is 0. The van der Waals surface area contributed by atoms with Gasteiger partial charge in [-0.05, 0) is 31.9 Å². The minimum atomic E-state index is -1.04. The number of aromatic nitrogens is 2. The van der Waals surface area contributed by atoms with Gasteiger partial charge < -0.3 is 15.3 Å². The Labute approximate surface area is 143 Å². The van der Waals surface area contributed by atoms with Crippen LogP contribution in [-0.4, -0.2) is 46.2 Å². The Balaban J connectivity index is 1.63. The number of hydrogen-bond donors (Lipinski definition) is 2. The van der Waals surface area contributed by atoms with Gasteiger partial charge in [-0.1, -0.05) is 0 Å². The number of amides is 1. The van der Waals surface area contributed by atoms with E-state index in [-0.39, 0.29) is 12.5 Å². The van der Waals surface area contributed by atoms with Crippen LogP contribution in [0.2, 0.25) is 0 Å². The van der Waals surface area contributed by atoms with Crippen molar-refractivity contribution < 1.29 is 14.3 Å². The van der Waals surface area contributed by atoms with Gasteiger partial charge in [-0.2, -0.15) is 0 Å². The number of piperidine rings is 1. The summed E-state index contributed by atoms with van der Waals surface area (Å²) in [5.74, 6) is 0.0119. The van der Waals surface area contributed by atoms with Gasteiger partial charge in [0.15, 0.2) is 0 Å². The van der Waals surface area contributed by atoms with Gasteiger partial charge >= 0.3 is 0 Å². The van der Waals surface area contributed by atoms with Gasteiger partial charge in [0.05, 0.1) is 23.0 Å². The lowest BCUT2D eigenvalue weighted by Gasteiger charge is -2.39. The molecule has 0 aliphatic carbocycles. The van der Waals surface area contributed by atoms with Crippen molar-refractivity contribution in [2.24, 2.45) is 0 Å². The quantitative estimate of drug-likeness (QED) is 0.878. The van der Waals surface area contributed by atoms with Gasteiger partial charge in [-0.15, -0.1) is 11.3 Å². The molecule has 1 aliphatic rings. The molecule has 0 spiro atoms. The summed E-state index contributed by atoms with van der Waals surface area (Å²) in [5, 5.41) is 13.6. The van der Waals surface area contributed by atoms with E-state index in [4.69, 9.17) is 0 Å². The van der Waals surface area contributed by atoms with Crippen molar-refractivity contribution in [2.45, 2.75) is 25.4 Å². The molecule has 8 heteroatoms. The average molecular weight is 350 g/mol. The van der Waals surface area contributed by atoms with Crippen molar-refractivity contribution in [1.82, 2.24) is 15.3 Å². The van der Waals surface area contributed by atoms with Crippen molar-refractivity contribution in [3.8, 4) is 0 Å². The van der Waals surface area contributed by atoms with Crippen LogP contribution >= 0.6 is 11.3 Å². The Bertz CT molecular complexity index is 721. The van der Waals surface area contributed by atoms with Gasteiger partial charge in [-0.25, -0.2) is 14.4 Å². The normalized spacial score (nSPS) is 20.9. The molecule has 0 aromatic carbocycles. The number of nitrogens with one attached hydrogen (secondary N) is 1. The van der Waals surface area contributed by atoms with Crippen LogP contribution in [0.25, 0.3) is 0 Å². The molecule has 2 N–H and O–H groups in total. The molecule has 3 heterocycles. The predicted molar refractivity (Wildman–Crippen MR) is 89.8 cm³/mol. The standard InChI is InChI=1S/C16H19FN4O2S/c1-11-14(24-10-20-11)15(22)19-8-16(23)5-2-6-21(9-16)13-4-3-12(17)7-18-13/h3-4,7,10,23H,2,5-6,8-9H2,1H3,(H,19,22)/t16-/m0/s1. The van der Waals surface area contributed by atoms with E-state index >= 15 is 0 Å². The molecule has 3 rings (SSSR count). The van der Waals surface area contributed by atoms with Gasteiger partial charge in [-0.3, -0.25) is 4.79 Å². The number of pyridine rings is 1. The number of rotatable bonds is 4. The zero-order chi connectivity index (χ0) is 17.2. The third-order valence-electron chi connectivity index (χ3n) is 4.12. The Kier molecular flexibility index (Phi) is 4.77. The molecule has 1 atom stereocenters. The maximum atomic E-state index is 13.0. The monoisotopic (exact) mass is 350 g/mol. The summed E-state index contributed by atoms with van der Waals surface area (Å²) < 4.78 is 13.0. The van der Waals surface area contributed by atoms with E-state index in [1.54, 1.807) is 18.5 Å². The van der Waals surface area contributed by atoms with Crippen LogP contribution in [0.5, 0.6) is 0 Å². The summed E-state index contributed by atoms with van der Waals surface area (Å²) in [4.78, 5) is 22.8. The number of β-amino-alcohol motifs (C(OH)–C–C–N with tert-alkyl or cyclic N) is 1. The van der Waals surface area contributed by atoms with Crippen LogP contribution in [0.4, 0.5) is 10.2 Å². The molecule has 128 valence electrons. The summed E-state index contributed by atoms with van der Waals surface area (Å²) in [5.41, 5.74) is 1.27. The molecular formula is C16H19FN4O2S. The van der Waals surface area contributed by atoms with Crippen LogP contribution < -0.4 is 10.2 Å². The van der Waals surface area contributed by atoms with Gasteiger partial charge in [0.2, 0.25) is 0 Å². The smallest absolute Gasteiger partial charge is 0.263 e. The topological polar surface area (TPSA) is 78.3 Å². The number of aliphatic hydroxyl groups is 1. The molecule has 1 saturated heterocycles. The first-order valence-electron chi connectivity index (χ1n) is 7.74. The second-order valence-electron chi connectivity index (χ2n) is 6.03. The van der Waals surface area contributed by atoms with E-state index in [0.717, 1.165) is 19.2 Å². The van der Waals surface area contributed by atoms with Gasteiger partial charge in [0.1, 0.15) is 16.5 Å². The number of thiazole rings is 1. The highest BCUT2D eigenvalue weighted by Crippen LogP contribution is 2.24. The van der Waals surface area contributed by atoms with Crippen molar-refractivity contribution in [2.75, 3.05) is 24.5 Å². The highest BCUT2D eigenvalue weighted by Gasteiger charge is 2.34. The number of carbonyl (C=O) groups excluding carboxylic acids is 1. The summed E-state index contributed by atoms with van der Waals surface area (Å²) in [6.45, 7) is 3.01. The SMILES string of the molecule is Cc1ncsc1C(=O)NC[C@@]1(O)CCCN(c2ccc(F)cn2)C1. The van der Waals surface area contributed by atoms with Crippen LogP contribution in [0.1, 0.15) is 28.2 Å². The molecule has 0 unspecified atom stereocenters. The third-order valence-corrected chi connectivity index (χ3v) is 5.05. The predicted octanol–water partition coefficient (Wildman–Crippen LogP) is 1.75. The lowest BCUT2D eigenvalue weighted by molar-refractivity contribution is 0.0255. The van der Waals surface area contributed by atoms with E-state index in [1.165, 1.54) is 17.4 Å². The minimum Gasteiger partial charge on any atom is -0.386 e. The molecule has 1 amide bonds. The second kappa shape index (κ2) is 6.82. The van der Waals surface area contributed by atoms with Crippen molar-refractivity contribution in [1.29, 1.82) is 0 Å². The van der Waals surface area contributed by atoms with E-state index in [0.29, 0.717) is 29.4 Å². The summed E-state index contributed by atoms with van der Waals surface area (Å²) in [6.07, 6.45) is 2.52. The molecule has 0 saturated carbocycles. The number of carbonyl (C=O) groups is 1. The summed E-state index contributed by atoms with van der Waals surface area (Å²) >= 11 is 1.28. The Morgan fingerprint density at radius 1 is 1.50 bits per heavy atom. The number of anilines is 1. The Morgan fingerprint density at radius 2 is 2.33 bits per heavy atom. The maximum absolute atomic E-state index is 13.0. The zero-order valence-corrected chi connectivity index (χ0v) is 14.1. The lowest BCUT2D eigenvalue weighted by Crippen LogP contribution is -2.54. The van der Waals surface area contributed by atoms with Crippen LogP contribution in [0, 0.1) is 12.7 Å². The minimum absolute atomic E-state index is 0.154. The molecule has 0 bridgehead atoms. The lowest BCUT2D eigenvalue weighted by atomic mass is 9.92. The first kappa shape index (κ1) is 16.8. The first-order chi connectivity index (χ1) is 11.5. The molecule has 6 nitrogen and oxygen atoms in total. The fraction of sp³-hybridized carbons (Fsp3) is 0.438. The molecule has 24 heavy (non-hydrogen) atoms. The fourth-order valence-corrected chi connectivity index (χ4v) is 3.57. The highest BCUT2D eigenvalue weighted by molar-refractivity contribution is 7.11. The Morgan fingerprint density at radius 3 is 3.00 bits per heavy atom. The number of hydrogen-bond acceptors (Lipinski definition) is 6. The molecule has 2 aromatic rings. The maximum Gasteiger partial charge on any atom is 0.263 e. The van der Waals surface area contributed by atoms with E-state index in [2.05, 4.69) is 15.3 Å². The van der Waals surface area contributed by atoms with Crippen molar-refractivity contribution >= 4 is 23.1 Å². The first-order valence-corrected chi connectivity index (χ1v) is 8.62. The summed E-state index contributed by atoms with van der Waals surface area (Å²) in [6, 6.07) is 2.95. The van der Waals surface area contributed by atoms with E-state index in [1.807, 2.05) is 4.90 Å². The molecule has 1 fully saturated rings. The van der Waals surface area contributed by atoms with E-state index in [9.17, 15) is 14.3 Å². The number of halogens is 1. The average Bonchev–Trinajstić information content (AvgIpc) is 3.00. The fourth-order valence-electron chi connectivity index (χ4n) is 2.85. The molecular weight excluding hydrogens is 331 g/mol. The van der Waals surface area contributed by atoms with Gasteiger partial charge in [0, 0.05) is 19.6 Å². The van der Waals surface area contributed by atoms with Crippen LogP contribution in [0.15, 0.2) is 23.8 Å². The number of aryl methyl sites for hydroxylation is 1. The van der Waals surface area contributed by atoms with Crippen LogP contribution in [-0.2, 0) is 0 Å². The van der Waals surface area contributed by atoms with E-state index < -0.39 is 11.4 Å². The highest BCUT2D eigenvalue weighted by atomic mass is 32.1. The Hall–Kier alpha value is -2.06. The molecule has 1 aliphatic heterocycles. The van der Waals surface area contributed by atoms with Crippen molar-refractivity contribution in [3.05, 3.63) is 40.2 Å². The second-order valence-corrected chi connectivity index (χ2v) is 6.89. The molecule has 2 aromatic heterocycles.